The predicted molar refractivity (Wildman–Crippen MR) is 85.2 cm³/mol. The van der Waals surface area contributed by atoms with Gasteiger partial charge in [-0.1, -0.05) is 17.7 Å². The molecule has 1 aliphatic rings. The molecule has 1 atom stereocenters. The molecule has 0 radical (unpaired) electrons. The summed E-state index contributed by atoms with van der Waals surface area (Å²) in [6.07, 6.45) is -0.663. The lowest BCUT2D eigenvalue weighted by atomic mass is 10.2. The Bertz CT molecular complexity index is 687. The van der Waals surface area contributed by atoms with E-state index in [9.17, 15) is 14.4 Å². The number of amides is 2. The molecule has 0 saturated carbocycles. The van der Waals surface area contributed by atoms with Gasteiger partial charge in [0.15, 0.2) is 6.10 Å². The maximum atomic E-state index is 12.1. The molecule has 0 aliphatic carbocycles. The van der Waals surface area contributed by atoms with Crippen LogP contribution in [-0.2, 0) is 19.1 Å². The fraction of sp³-hybridized carbons (Fsp3) is 0.333. The molecule has 0 fully saturated rings. The maximum absolute atomic E-state index is 12.1. The largest absolute Gasteiger partial charge is 0.448 e. The van der Waals surface area contributed by atoms with Gasteiger partial charge in [0.05, 0.1) is 0 Å². The number of esters is 1. The van der Waals surface area contributed by atoms with Crippen LogP contribution in [0.4, 0.5) is 5.69 Å². The van der Waals surface area contributed by atoms with E-state index in [0.717, 1.165) is 5.56 Å². The van der Waals surface area contributed by atoms with E-state index in [4.69, 9.17) is 16.3 Å². The number of rotatable bonds is 4. The van der Waals surface area contributed by atoms with Crippen molar-refractivity contribution >= 4 is 40.8 Å². The number of hydrogen-bond donors (Lipinski definition) is 2. The van der Waals surface area contributed by atoms with E-state index < -0.39 is 18.0 Å². The third kappa shape index (κ3) is 4.53. The molecule has 1 aromatic carbocycles. The van der Waals surface area contributed by atoms with E-state index in [1.807, 2.05) is 6.92 Å². The molecule has 1 heterocycles. The summed E-state index contributed by atoms with van der Waals surface area (Å²) in [6.45, 7) is 3.27. The van der Waals surface area contributed by atoms with Crippen molar-refractivity contribution in [3.8, 4) is 0 Å². The molecule has 0 unspecified atom stereocenters. The van der Waals surface area contributed by atoms with Gasteiger partial charge in [0, 0.05) is 23.6 Å². The fourth-order valence-corrected chi connectivity index (χ4v) is 2.04. The Kier molecular flexibility index (Phi) is 5.33. The summed E-state index contributed by atoms with van der Waals surface area (Å²) in [5.41, 5.74) is 3.67. The summed E-state index contributed by atoms with van der Waals surface area (Å²) in [5, 5.41) is 6.77. The van der Waals surface area contributed by atoms with Crippen molar-refractivity contribution in [2.24, 2.45) is 5.10 Å². The van der Waals surface area contributed by atoms with E-state index in [2.05, 4.69) is 15.8 Å². The van der Waals surface area contributed by atoms with Crippen molar-refractivity contribution in [2.75, 3.05) is 5.32 Å². The van der Waals surface area contributed by atoms with Crippen LogP contribution in [0.5, 0.6) is 0 Å². The Hall–Kier alpha value is -2.41. The third-order valence-electron chi connectivity index (χ3n) is 3.25. The summed E-state index contributed by atoms with van der Waals surface area (Å²) in [7, 11) is 0. The van der Waals surface area contributed by atoms with Crippen molar-refractivity contribution in [1.29, 1.82) is 0 Å². The van der Waals surface area contributed by atoms with E-state index in [0.29, 0.717) is 10.7 Å². The second-order valence-corrected chi connectivity index (χ2v) is 5.53. The van der Waals surface area contributed by atoms with Crippen LogP contribution in [0.25, 0.3) is 0 Å². The van der Waals surface area contributed by atoms with Gasteiger partial charge in [-0.15, -0.1) is 0 Å². The van der Waals surface area contributed by atoms with Crippen LogP contribution in [0.2, 0.25) is 5.02 Å². The van der Waals surface area contributed by atoms with Gasteiger partial charge < -0.3 is 10.1 Å². The van der Waals surface area contributed by atoms with Gasteiger partial charge in [-0.2, -0.15) is 5.10 Å². The number of aryl methyl sites for hydroxylation is 1. The lowest BCUT2D eigenvalue weighted by Crippen LogP contribution is -2.35. The second-order valence-electron chi connectivity index (χ2n) is 5.09. The number of carbonyl (C=O) groups excluding carboxylic acids is 3. The Morgan fingerprint density at radius 3 is 2.78 bits per heavy atom. The van der Waals surface area contributed by atoms with Crippen molar-refractivity contribution in [1.82, 2.24) is 5.43 Å². The van der Waals surface area contributed by atoms with Gasteiger partial charge in [-0.25, -0.2) is 10.2 Å². The molecular formula is C15H16ClN3O4. The number of hydrazone groups is 1. The average molecular weight is 338 g/mol. The number of nitrogens with zero attached hydrogens (tertiary/aromatic N) is 1. The van der Waals surface area contributed by atoms with Crippen LogP contribution in [0.15, 0.2) is 23.3 Å². The number of ether oxygens (including phenoxy) is 1. The Balaban J connectivity index is 1.96. The minimum atomic E-state index is -1.01. The zero-order chi connectivity index (χ0) is 17.0. The molecule has 1 aliphatic heterocycles. The quantitative estimate of drug-likeness (QED) is 0.818. The van der Waals surface area contributed by atoms with Crippen LogP contribution in [-0.4, -0.2) is 29.6 Å². The molecule has 1 aromatic rings. The van der Waals surface area contributed by atoms with Gasteiger partial charge in [0.1, 0.15) is 5.71 Å². The zero-order valence-electron chi connectivity index (χ0n) is 12.7. The van der Waals surface area contributed by atoms with Gasteiger partial charge in [-0.05, 0) is 31.5 Å². The molecule has 0 saturated heterocycles. The Labute approximate surface area is 138 Å². The van der Waals surface area contributed by atoms with Crippen molar-refractivity contribution in [3.63, 3.8) is 0 Å². The highest BCUT2D eigenvalue weighted by Crippen LogP contribution is 2.20. The second kappa shape index (κ2) is 7.23. The van der Waals surface area contributed by atoms with E-state index >= 15 is 0 Å². The predicted octanol–water partition coefficient (Wildman–Crippen LogP) is 1.78. The van der Waals surface area contributed by atoms with Gasteiger partial charge in [-0.3, -0.25) is 9.59 Å². The molecule has 8 heteroatoms. The van der Waals surface area contributed by atoms with Gasteiger partial charge in [0.2, 0.25) is 5.91 Å². The summed E-state index contributed by atoms with van der Waals surface area (Å²) in [4.78, 5) is 35.0. The van der Waals surface area contributed by atoms with Crippen LogP contribution >= 0.6 is 11.6 Å². The number of anilines is 1. The standard InChI is InChI=1S/C15H16ClN3O4/c1-8-3-4-10(16)7-12(8)17-14(21)9(2)23-15(22)11-5-6-13(20)19-18-11/h3-4,7,9H,5-6H2,1-2H3,(H,17,21)(H,19,20)/t9-/m0/s1. The lowest BCUT2D eigenvalue weighted by molar-refractivity contribution is -0.146. The van der Waals surface area contributed by atoms with Crippen LogP contribution in [0.3, 0.4) is 0 Å². The number of halogens is 1. The van der Waals surface area contributed by atoms with Crippen molar-refractivity contribution in [2.45, 2.75) is 32.8 Å². The highest BCUT2D eigenvalue weighted by Gasteiger charge is 2.24. The normalized spacial score (nSPS) is 15.3. The minimum Gasteiger partial charge on any atom is -0.448 e. The molecule has 0 bridgehead atoms. The lowest BCUT2D eigenvalue weighted by Gasteiger charge is -2.16. The summed E-state index contributed by atoms with van der Waals surface area (Å²) in [6, 6.07) is 5.10. The first-order valence-corrected chi connectivity index (χ1v) is 7.38. The smallest absolute Gasteiger partial charge is 0.355 e. The number of carbonyl (C=O) groups is 3. The molecule has 122 valence electrons. The van der Waals surface area contributed by atoms with E-state index in [-0.39, 0.29) is 24.5 Å². The third-order valence-corrected chi connectivity index (χ3v) is 3.49. The molecule has 7 nitrogen and oxygen atoms in total. The molecular weight excluding hydrogens is 322 g/mol. The minimum absolute atomic E-state index is 0.0863. The molecule has 23 heavy (non-hydrogen) atoms. The summed E-state index contributed by atoms with van der Waals surface area (Å²) in [5.74, 6) is -1.47. The van der Waals surface area contributed by atoms with Crippen molar-refractivity contribution < 1.29 is 19.1 Å². The maximum Gasteiger partial charge on any atom is 0.355 e. The highest BCUT2D eigenvalue weighted by atomic mass is 35.5. The molecule has 0 aromatic heterocycles. The number of benzene rings is 1. The Morgan fingerprint density at radius 2 is 2.13 bits per heavy atom. The number of nitrogens with one attached hydrogen (secondary N) is 2. The molecule has 0 spiro atoms. The zero-order valence-corrected chi connectivity index (χ0v) is 13.4. The van der Waals surface area contributed by atoms with Crippen molar-refractivity contribution in [3.05, 3.63) is 28.8 Å². The van der Waals surface area contributed by atoms with E-state index in [1.54, 1.807) is 18.2 Å². The summed E-state index contributed by atoms with van der Waals surface area (Å²) < 4.78 is 5.06. The molecule has 2 amide bonds. The first-order chi connectivity index (χ1) is 10.9. The van der Waals surface area contributed by atoms with Crippen LogP contribution < -0.4 is 10.7 Å². The highest BCUT2D eigenvalue weighted by molar-refractivity contribution is 6.37. The first-order valence-electron chi connectivity index (χ1n) is 7.00. The number of hydrogen-bond acceptors (Lipinski definition) is 5. The topological polar surface area (TPSA) is 96.9 Å². The van der Waals surface area contributed by atoms with Gasteiger partial charge in [0.25, 0.3) is 5.91 Å². The van der Waals surface area contributed by atoms with Crippen LogP contribution in [0.1, 0.15) is 25.3 Å². The Morgan fingerprint density at radius 1 is 1.39 bits per heavy atom. The summed E-state index contributed by atoms with van der Waals surface area (Å²) >= 11 is 5.89. The fourth-order valence-electron chi connectivity index (χ4n) is 1.87. The SMILES string of the molecule is Cc1ccc(Cl)cc1NC(=O)[C@H](C)OC(=O)C1=NNC(=O)CC1. The van der Waals surface area contributed by atoms with E-state index in [1.165, 1.54) is 6.92 Å². The van der Waals surface area contributed by atoms with Gasteiger partial charge >= 0.3 is 5.97 Å². The molecule has 2 rings (SSSR count). The van der Waals surface area contributed by atoms with Crippen LogP contribution in [0, 0.1) is 6.92 Å². The average Bonchev–Trinajstić information content (AvgIpc) is 2.51. The molecule has 2 N–H and O–H groups in total. The monoisotopic (exact) mass is 337 g/mol. The first kappa shape index (κ1) is 17.0.